The smallest absolute Gasteiger partial charge is 0.0707 e. The summed E-state index contributed by atoms with van der Waals surface area (Å²) in [7, 11) is 0. The molecule has 0 unspecified atom stereocenters. The maximum atomic E-state index is 8.86. The van der Waals surface area contributed by atoms with Gasteiger partial charge in [-0.2, -0.15) is 0 Å². The van der Waals surface area contributed by atoms with E-state index in [1.54, 1.807) is 6.07 Å². The summed E-state index contributed by atoms with van der Waals surface area (Å²) in [4.78, 5) is 0. The van der Waals surface area contributed by atoms with Crippen LogP contribution in [-0.2, 0) is 6.61 Å². The molecule has 4 heteroatoms. The Balaban J connectivity index is 3.25. The van der Waals surface area contributed by atoms with Crippen molar-refractivity contribution in [1.82, 2.24) is 0 Å². The molecule has 0 amide bonds. The highest BCUT2D eigenvalue weighted by molar-refractivity contribution is 9.11. The van der Waals surface area contributed by atoms with Crippen molar-refractivity contribution in [1.29, 1.82) is 0 Å². The molecule has 1 N–H and O–H groups in total. The third-order valence-electron chi connectivity index (χ3n) is 1.26. The largest absolute Gasteiger partial charge is 0.392 e. The fraction of sp³-hybridized carbons (Fsp3) is 0.143. The van der Waals surface area contributed by atoms with Crippen molar-refractivity contribution in [2.45, 2.75) is 6.61 Å². The highest BCUT2D eigenvalue weighted by atomic mass is 79.9. The highest BCUT2D eigenvalue weighted by Gasteiger charge is 2.04. The first-order valence-electron chi connectivity index (χ1n) is 2.89. The highest BCUT2D eigenvalue weighted by Crippen LogP contribution is 2.29. The molecule has 0 fully saturated rings. The van der Waals surface area contributed by atoms with Crippen LogP contribution in [0.15, 0.2) is 21.1 Å². The van der Waals surface area contributed by atoms with Gasteiger partial charge < -0.3 is 5.11 Å². The van der Waals surface area contributed by atoms with E-state index in [2.05, 4.69) is 31.9 Å². The second kappa shape index (κ2) is 3.90. The van der Waals surface area contributed by atoms with E-state index < -0.39 is 0 Å². The van der Waals surface area contributed by atoms with Gasteiger partial charge in [0.15, 0.2) is 0 Å². The van der Waals surface area contributed by atoms with Gasteiger partial charge in [0.1, 0.15) is 0 Å². The molecule has 0 saturated heterocycles. The molecule has 0 heterocycles. The third-order valence-corrected chi connectivity index (χ3v) is 2.77. The van der Waals surface area contributed by atoms with Crippen LogP contribution < -0.4 is 0 Å². The van der Waals surface area contributed by atoms with E-state index in [0.717, 1.165) is 14.5 Å². The first-order chi connectivity index (χ1) is 5.15. The molecule has 0 aliphatic carbocycles. The Bertz CT molecular complexity index is 252. The van der Waals surface area contributed by atoms with Crippen LogP contribution in [0.1, 0.15) is 5.56 Å². The van der Waals surface area contributed by atoms with E-state index in [4.69, 9.17) is 16.7 Å². The number of rotatable bonds is 1. The van der Waals surface area contributed by atoms with E-state index in [0.29, 0.717) is 5.02 Å². The van der Waals surface area contributed by atoms with Crippen molar-refractivity contribution in [3.63, 3.8) is 0 Å². The van der Waals surface area contributed by atoms with Crippen LogP contribution in [0.4, 0.5) is 0 Å². The first kappa shape index (κ1) is 9.52. The molecule has 11 heavy (non-hydrogen) atoms. The van der Waals surface area contributed by atoms with Crippen LogP contribution in [0.3, 0.4) is 0 Å². The van der Waals surface area contributed by atoms with Crippen molar-refractivity contribution in [3.8, 4) is 0 Å². The van der Waals surface area contributed by atoms with Crippen LogP contribution in [0.2, 0.25) is 5.02 Å². The van der Waals surface area contributed by atoms with Crippen molar-refractivity contribution in [2.24, 2.45) is 0 Å². The molecule has 1 aromatic carbocycles. The molecular weight excluding hydrogens is 295 g/mol. The fourth-order valence-electron chi connectivity index (χ4n) is 0.723. The predicted octanol–water partition coefficient (Wildman–Crippen LogP) is 3.36. The topological polar surface area (TPSA) is 20.2 Å². The molecule has 0 atom stereocenters. The Morgan fingerprint density at radius 2 is 2.00 bits per heavy atom. The molecule has 0 radical (unpaired) electrons. The maximum absolute atomic E-state index is 8.86. The molecule has 0 saturated carbocycles. The minimum absolute atomic E-state index is 0.0489. The summed E-state index contributed by atoms with van der Waals surface area (Å²) in [6.07, 6.45) is 0. The van der Waals surface area contributed by atoms with Crippen molar-refractivity contribution in [3.05, 3.63) is 31.7 Å². The molecule has 1 aromatic rings. The summed E-state index contributed by atoms with van der Waals surface area (Å²) in [6.45, 7) is -0.0489. The lowest BCUT2D eigenvalue weighted by Crippen LogP contribution is -1.86. The van der Waals surface area contributed by atoms with Crippen molar-refractivity contribution < 1.29 is 5.11 Å². The van der Waals surface area contributed by atoms with Gasteiger partial charge in [-0.3, -0.25) is 0 Å². The second-order valence-electron chi connectivity index (χ2n) is 2.01. The van der Waals surface area contributed by atoms with Crippen molar-refractivity contribution >= 4 is 43.5 Å². The summed E-state index contributed by atoms with van der Waals surface area (Å²) in [6, 6.07) is 3.59. The van der Waals surface area contributed by atoms with E-state index >= 15 is 0 Å². The lowest BCUT2D eigenvalue weighted by atomic mass is 10.2. The van der Waals surface area contributed by atoms with Crippen LogP contribution in [-0.4, -0.2) is 5.11 Å². The van der Waals surface area contributed by atoms with E-state index in [1.165, 1.54) is 0 Å². The normalized spacial score (nSPS) is 10.2. The van der Waals surface area contributed by atoms with Crippen LogP contribution in [0, 0.1) is 0 Å². The number of benzene rings is 1. The molecule has 0 aliphatic rings. The van der Waals surface area contributed by atoms with E-state index in [1.807, 2.05) is 6.07 Å². The summed E-state index contributed by atoms with van der Waals surface area (Å²) in [5.41, 5.74) is 0.717. The molecule has 0 aliphatic heterocycles. The van der Waals surface area contributed by atoms with Gasteiger partial charge in [-0.1, -0.05) is 43.5 Å². The summed E-state index contributed by atoms with van der Waals surface area (Å²) < 4.78 is 1.71. The Morgan fingerprint density at radius 1 is 1.36 bits per heavy atom. The lowest BCUT2D eigenvalue weighted by molar-refractivity contribution is 0.281. The zero-order valence-electron chi connectivity index (χ0n) is 5.44. The molecule has 60 valence electrons. The van der Waals surface area contributed by atoms with Gasteiger partial charge in [0.2, 0.25) is 0 Å². The Labute approximate surface area is 86.6 Å². The van der Waals surface area contributed by atoms with Gasteiger partial charge in [-0.05, 0) is 12.1 Å². The molecular formula is C7H5Br2ClO. The van der Waals surface area contributed by atoms with E-state index in [-0.39, 0.29) is 6.61 Å². The molecule has 0 bridgehead atoms. The van der Waals surface area contributed by atoms with Crippen LogP contribution in [0.5, 0.6) is 0 Å². The lowest BCUT2D eigenvalue weighted by Gasteiger charge is -2.03. The molecule has 1 rings (SSSR count). The number of hydrogen-bond donors (Lipinski definition) is 1. The molecule has 0 aromatic heterocycles. The summed E-state index contributed by atoms with van der Waals surface area (Å²) in [5, 5.41) is 9.42. The Hall–Kier alpha value is 0.430. The van der Waals surface area contributed by atoms with Crippen LogP contribution in [0.25, 0.3) is 0 Å². The number of halogens is 3. The van der Waals surface area contributed by atoms with Gasteiger partial charge in [0.05, 0.1) is 6.61 Å². The monoisotopic (exact) mass is 298 g/mol. The average Bonchev–Trinajstić information content (AvgIpc) is 1.85. The summed E-state index contributed by atoms with van der Waals surface area (Å²) in [5.74, 6) is 0. The number of hydrogen-bond acceptors (Lipinski definition) is 1. The van der Waals surface area contributed by atoms with Gasteiger partial charge in [-0.15, -0.1) is 0 Å². The predicted molar refractivity (Wildman–Crippen MR) is 52.8 cm³/mol. The first-order valence-corrected chi connectivity index (χ1v) is 4.86. The van der Waals surface area contributed by atoms with E-state index in [9.17, 15) is 0 Å². The standard InChI is InChI=1S/C7H5Br2ClO/c8-4-1-6(9)5(3-11)7(10)2-4/h1-2,11H,3H2. The van der Waals surface area contributed by atoms with Crippen LogP contribution >= 0.6 is 43.5 Å². The Kier molecular flexibility index (Phi) is 3.37. The summed E-state index contributed by atoms with van der Waals surface area (Å²) >= 11 is 12.4. The zero-order chi connectivity index (χ0) is 8.43. The SMILES string of the molecule is OCc1c(Cl)cc(Br)cc1Br. The van der Waals surface area contributed by atoms with Gasteiger partial charge in [0.25, 0.3) is 0 Å². The number of aliphatic hydroxyl groups is 1. The average molecular weight is 300 g/mol. The zero-order valence-corrected chi connectivity index (χ0v) is 9.37. The fourth-order valence-corrected chi connectivity index (χ4v) is 2.60. The molecule has 0 spiro atoms. The minimum atomic E-state index is -0.0489. The van der Waals surface area contributed by atoms with Gasteiger partial charge in [0, 0.05) is 19.5 Å². The second-order valence-corrected chi connectivity index (χ2v) is 4.18. The Morgan fingerprint density at radius 3 is 2.45 bits per heavy atom. The molecule has 1 nitrogen and oxygen atoms in total. The quantitative estimate of drug-likeness (QED) is 0.843. The van der Waals surface area contributed by atoms with Gasteiger partial charge in [-0.25, -0.2) is 0 Å². The van der Waals surface area contributed by atoms with Gasteiger partial charge >= 0.3 is 0 Å². The maximum Gasteiger partial charge on any atom is 0.0707 e. The number of aliphatic hydroxyl groups excluding tert-OH is 1. The van der Waals surface area contributed by atoms with Crippen molar-refractivity contribution in [2.75, 3.05) is 0 Å². The minimum Gasteiger partial charge on any atom is -0.392 e. The third kappa shape index (κ3) is 2.18.